The molecule has 10 heteroatoms. The van der Waals surface area contributed by atoms with Gasteiger partial charge >= 0.3 is 0 Å². The predicted molar refractivity (Wildman–Crippen MR) is 130 cm³/mol. The third kappa shape index (κ3) is 5.13. The fourth-order valence-corrected chi connectivity index (χ4v) is 3.15. The van der Waals surface area contributed by atoms with Crippen LogP contribution in [0.5, 0.6) is 17.2 Å². The number of hydrogen-bond acceptors (Lipinski definition) is 10. The molecule has 0 bridgehead atoms. The van der Waals surface area contributed by atoms with Gasteiger partial charge in [0.2, 0.25) is 24.6 Å². The molecule has 1 aliphatic rings. The van der Waals surface area contributed by atoms with Crippen LogP contribution in [0.15, 0.2) is 77.9 Å². The molecule has 0 saturated carbocycles. The predicted octanol–water partition coefficient (Wildman–Crippen LogP) is 4.54. The maximum absolute atomic E-state index is 5.40. The summed E-state index contributed by atoms with van der Waals surface area (Å²) in [6, 6.07) is 22.6. The van der Waals surface area contributed by atoms with E-state index in [1.165, 1.54) is 0 Å². The van der Waals surface area contributed by atoms with Crippen LogP contribution in [0.2, 0.25) is 0 Å². The monoisotopic (exact) mass is 455 g/mol. The number of benzene rings is 3. The Labute approximate surface area is 195 Å². The van der Waals surface area contributed by atoms with Gasteiger partial charge in [-0.25, -0.2) is 5.43 Å². The van der Waals surface area contributed by atoms with Crippen molar-refractivity contribution in [2.75, 3.05) is 30.0 Å². The molecule has 0 amide bonds. The van der Waals surface area contributed by atoms with E-state index < -0.39 is 0 Å². The van der Waals surface area contributed by atoms with Crippen molar-refractivity contribution in [2.45, 2.75) is 0 Å². The minimum Gasteiger partial charge on any atom is -0.497 e. The van der Waals surface area contributed by atoms with Crippen LogP contribution in [0.3, 0.4) is 0 Å². The van der Waals surface area contributed by atoms with E-state index in [9.17, 15) is 0 Å². The standard InChI is InChI=1S/C24H21N7O3/c1-32-19-10-8-18(9-11-19)27-23-28-22(26-17-5-3-2-4-6-17)29-24(30-23)31-25-14-16-7-12-20-21(13-16)34-15-33-20/h2-14H,15H2,1H3,(H3,26,27,28,29,30,31). The van der Waals surface area contributed by atoms with Gasteiger partial charge < -0.3 is 24.8 Å². The van der Waals surface area contributed by atoms with Gasteiger partial charge in [-0.05, 0) is 60.2 Å². The fourth-order valence-electron chi connectivity index (χ4n) is 3.15. The topological polar surface area (TPSA) is 115 Å². The van der Waals surface area contributed by atoms with E-state index in [1.54, 1.807) is 13.3 Å². The first kappa shape index (κ1) is 21.0. The highest BCUT2D eigenvalue weighted by Gasteiger charge is 2.12. The van der Waals surface area contributed by atoms with E-state index in [0.29, 0.717) is 23.4 Å². The van der Waals surface area contributed by atoms with Crippen LogP contribution in [-0.4, -0.2) is 35.1 Å². The largest absolute Gasteiger partial charge is 0.497 e. The SMILES string of the molecule is COc1ccc(Nc2nc(NN=Cc3ccc4c(c3)OCO4)nc(Nc3ccccc3)n2)cc1. The second-order valence-corrected chi connectivity index (χ2v) is 7.13. The van der Waals surface area contributed by atoms with Crippen molar-refractivity contribution in [2.24, 2.45) is 5.10 Å². The van der Waals surface area contributed by atoms with Crippen molar-refractivity contribution >= 4 is 35.4 Å². The van der Waals surface area contributed by atoms with Crippen LogP contribution < -0.4 is 30.3 Å². The smallest absolute Gasteiger partial charge is 0.250 e. The van der Waals surface area contributed by atoms with Gasteiger partial charge in [0.15, 0.2) is 11.5 Å². The molecule has 3 aromatic carbocycles. The van der Waals surface area contributed by atoms with Crippen LogP contribution >= 0.6 is 0 Å². The third-order valence-corrected chi connectivity index (χ3v) is 4.79. The number of hydrazone groups is 1. The van der Waals surface area contributed by atoms with Gasteiger partial charge in [0.1, 0.15) is 5.75 Å². The number of hydrogen-bond donors (Lipinski definition) is 3. The van der Waals surface area contributed by atoms with Gasteiger partial charge in [0, 0.05) is 11.4 Å². The van der Waals surface area contributed by atoms with Crippen molar-refractivity contribution < 1.29 is 14.2 Å². The maximum atomic E-state index is 5.40. The van der Waals surface area contributed by atoms with Gasteiger partial charge in [-0.1, -0.05) is 18.2 Å². The maximum Gasteiger partial charge on any atom is 0.250 e. The molecule has 4 aromatic rings. The summed E-state index contributed by atoms with van der Waals surface area (Å²) in [4.78, 5) is 13.3. The number of methoxy groups -OCH3 is 1. The third-order valence-electron chi connectivity index (χ3n) is 4.79. The number of para-hydroxylation sites is 1. The van der Waals surface area contributed by atoms with E-state index in [2.05, 4.69) is 36.1 Å². The summed E-state index contributed by atoms with van der Waals surface area (Å²) < 4.78 is 15.9. The Bertz CT molecular complexity index is 1300. The highest BCUT2D eigenvalue weighted by Crippen LogP contribution is 2.32. The van der Waals surface area contributed by atoms with Crippen LogP contribution in [-0.2, 0) is 0 Å². The molecule has 0 aliphatic carbocycles. The first-order chi connectivity index (χ1) is 16.7. The zero-order valence-electron chi connectivity index (χ0n) is 18.2. The molecule has 1 aliphatic heterocycles. The molecular formula is C24H21N7O3. The normalized spacial score (nSPS) is 11.9. The minimum absolute atomic E-state index is 0.222. The highest BCUT2D eigenvalue weighted by atomic mass is 16.7. The summed E-state index contributed by atoms with van der Waals surface area (Å²) in [6.45, 7) is 0.222. The second kappa shape index (κ2) is 9.74. The van der Waals surface area contributed by atoms with E-state index in [4.69, 9.17) is 14.2 Å². The number of anilines is 5. The lowest BCUT2D eigenvalue weighted by Crippen LogP contribution is -2.07. The molecule has 0 atom stereocenters. The van der Waals surface area contributed by atoms with Crippen LogP contribution in [0.1, 0.15) is 5.56 Å². The number of fused-ring (bicyclic) bond motifs is 1. The van der Waals surface area contributed by atoms with Gasteiger partial charge in [0.25, 0.3) is 0 Å². The van der Waals surface area contributed by atoms with Crippen molar-refractivity contribution in [3.8, 4) is 17.2 Å². The molecule has 34 heavy (non-hydrogen) atoms. The molecule has 0 unspecified atom stereocenters. The number of aromatic nitrogens is 3. The highest BCUT2D eigenvalue weighted by molar-refractivity contribution is 5.81. The summed E-state index contributed by atoms with van der Waals surface area (Å²) in [5, 5.41) is 10.6. The first-order valence-electron chi connectivity index (χ1n) is 10.4. The van der Waals surface area contributed by atoms with Crippen LogP contribution in [0.25, 0.3) is 0 Å². The summed E-state index contributed by atoms with van der Waals surface area (Å²) in [5.74, 6) is 3.13. The molecule has 0 saturated heterocycles. The Morgan fingerprint density at radius 2 is 1.47 bits per heavy atom. The van der Waals surface area contributed by atoms with Gasteiger partial charge in [-0.3, -0.25) is 0 Å². The molecular weight excluding hydrogens is 434 g/mol. The number of ether oxygens (including phenoxy) is 3. The number of rotatable bonds is 8. The number of nitrogens with zero attached hydrogens (tertiary/aromatic N) is 4. The van der Waals surface area contributed by atoms with E-state index >= 15 is 0 Å². The Hall–Kier alpha value is -4.86. The summed E-state index contributed by atoms with van der Waals surface area (Å²) in [6.07, 6.45) is 1.65. The Morgan fingerprint density at radius 1 is 0.794 bits per heavy atom. The lowest BCUT2D eigenvalue weighted by Gasteiger charge is -2.10. The van der Waals surface area contributed by atoms with Crippen molar-refractivity contribution in [1.29, 1.82) is 0 Å². The molecule has 0 radical (unpaired) electrons. The van der Waals surface area contributed by atoms with E-state index in [1.807, 2.05) is 72.8 Å². The average Bonchev–Trinajstić information content (AvgIpc) is 3.33. The molecule has 0 spiro atoms. The van der Waals surface area contributed by atoms with Gasteiger partial charge in [-0.2, -0.15) is 20.1 Å². The molecule has 10 nitrogen and oxygen atoms in total. The Kier molecular flexibility index (Phi) is 6.02. The molecule has 0 fully saturated rings. The number of nitrogens with one attached hydrogen (secondary N) is 3. The zero-order chi connectivity index (χ0) is 23.2. The van der Waals surface area contributed by atoms with E-state index in [-0.39, 0.29) is 12.7 Å². The first-order valence-corrected chi connectivity index (χ1v) is 10.4. The summed E-state index contributed by atoms with van der Waals surface area (Å²) >= 11 is 0. The van der Waals surface area contributed by atoms with Crippen LogP contribution in [0, 0.1) is 0 Å². The molecule has 3 N–H and O–H groups in total. The van der Waals surface area contributed by atoms with E-state index in [0.717, 1.165) is 22.7 Å². The van der Waals surface area contributed by atoms with Gasteiger partial charge in [-0.15, -0.1) is 0 Å². The molecule has 5 rings (SSSR count). The minimum atomic E-state index is 0.222. The van der Waals surface area contributed by atoms with Crippen molar-refractivity contribution in [3.63, 3.8) is 0 Å². The Morgan fingerprint density at radius 3 is 2.21 bits per heavy atom. The average molecular weight is 455 g/mol. The second-order valence-electron chi connectivity index (χ2n) is 7.13. The van der Waals surface area contributed by atoms with Crippen LogP contribution in [0.4, 0.5) is 29.2 Å². The Balaban J connectivity index is 1.36. The quantitative estimate of drug-likeness (QED) is 0.260. The molecule has 1 aromatic heterocycles. The summed E-state index contributed by atoms with van der Waals surface area (Å²) in [5.41, 5.74) is 5.35. The lowest BCUT2D eigenvalue weighted by molar-refractivity contribution is 0.174. The fraction of sp³-hybridized carbons (Fsp3) is 0.0833. The van der Waals surface area contributed by atoms with Crippen molar-refractivity contribution in [3.05, 3.63) is 78.4 Å². The summed E-state index contributed by atoms with van der Waals surface area (Å²) in [7, 11) is 1.62. The van der Waals surface area contributed by atoms with Gasteiger partial charge in [0.05, 0.1) is 13.3 Å². The molecule has 2 heterocycles. The van der Waals surface area contributed by atoms with Crippen molar-refractivity contribution in [1.82, 2.24) is 15.0 Å². The lowest BCUT2D eigenvalue weighted by atomic mass is 10.2. The molecule has 170 valence electrons. The zero-order valence-corrected chi connectivity index (χ0v) is 18.2.